The second-order valence-electron chi connectivity index (χ2n) is 7.03. The number of nitrogens with zero attached hydrogens (tertiary/aromatic N) is 1. The van der Waals surface area contributed by atoms with Gasteiger partial charge in [0.25, 0.3) is 0 Å². The van der Waals surface area contributed by atoms with E-state index in [-0.39, 0.29) is 28.9 Å². The Balaban J connectivity index is 2.01. The summed E-state index contributed by atoms with van der Waals surface area (Å²) in [6.45, 7) is 10.6. The molecule has 2 aliphatic rings. The van der Waals surface area contributed by atoms with E-state index in [0.29, 0.717) is 5.92 Å². The Hall–Kier alpha value is -0.610. The molecule has 0 bridgehead atoms. The van der Waals surface area contributed by atoms with Crippen molar-refractivity contribution in [2.75, 3.05) is 27.2 Å². The molecule has 1 heterocycles. The number of carbonyl (C=O) groups is 1. The third kappa shape index (κ3) is 2.09. The van der Waals surface area contributed by atoms with Crippen molar-refractivity contribution in [3.05, 3.63) is 0 Å². The number of methoxy groups -OCH3 is 1. The normalized spacial score (nSPS) is 35.2. The summed E-state index contributed by atoms with van der Waals surface area (Å²) in [5, 5.41) is 3.24. The second-order valence-corrected chi connectivity index (χ2v) is 7.03. The van der Waals surface area contributed by atoms with Gasteiger partial charge in [-0.15, -0.1) is 0 Å². The fraction of sp³-hybridized carbons (Fsp3) is 0.933. The molecule has 0 radical (unpaired) electrons. The van der Waals surface area contributed by atoms with Gasteiger partial charge in [-0.3, -0.25) is 4.79 Å². The van der Waals surface area contributed by atoms with Gasteiger partial charge < -0.3 is 15.0 Å². The average molecular weight is 268 g/mol. The minimum atomic E-state index is -0.118. The molecule has 110 valence electrons. The van der Waals surface area contributed by atoms with Gasteiger partial charge in [-0.2, -0.15) is 0 Å². The van der Waals surface area contributed by atoms with Crippen LogP contribution in [-0.2, 0) is 9.53 Å². The Labute approximate surface area is 116 Å². The molecule has 1 saturated heterocycles. The highest BCUT2D eigenvalue weighted by Gasteiger charge is 2.60. The van der Waals surface area contributed by atoms with Gasteiger partial charge in [0.05, 0.1) is 5.60 Å². The molecule has 2 rings (SSSR count). The molecular formula is C15H28N2O2. The number of ether oxygens (including phenoxy) is 1. The predicted molar refractivity (Wildman–Crippen MR) is 75.9 cm³/mol. The zero-order valence-electron chi connectivity index (χ0n) is 13.1. The molecule has 0 spiro atoms. The van der Waals surface area contributed by atoms with E-state index >= 15 is 0 Å². The highest BCUT2D eigenvalue weighted by molar-refractivity contribution is 5.79. The van der Waals surface area contributed by atoms with Crippen LogP contribution >= 0.6 is 0 Å². The lowest BCUT2D eigenvalue weighted by Gasteiger charge is -2.61. The second kappa shape index (κ2) is 4.74. The first-order valence-corrected chi connectivity index (χ1v) is 7.27. The van der Waals surface area contributed by atoms with Crippen molar-refractivity contribution in [3.63, 3.8) is 0 Å². The molecule has 1 saturated carbocycles. The van der Waals surface area contributed by atoms with Crippen molar-refractivity contribution >= 4 is 5.91 Å². The van der Waals surface area contributed by atoms with Gasteiger partial charge >= 0.3 is 0 Å². The summed E-state index contributed by atoms with van der Waals surface area (Å²) in [4.78, 5) is 14.5. The predicted octanol–water partition coefficient (Wildman–Crippen LogP) is 1.50. The van der Waals surface area contributed by atoms with E-state index in [0.717, 1.165) is 19.5 Å². The summed E-state index contributed by atoms with van der Waals surface area (Å²) in [7, 11) is 3.72. The zero-order valence-corrected chi connectivity index (χ0v) is 13.1. The number of carbonyl (C=O) groups excluding carboxylic acids is 1. The van der Waals surface area contributed by atoms with Gasteiger partial charge in [0.15, 0.2) is 0 Å². The Morgan fingerprint density at radius 2 is 1.95 bits per heavy atom. The lowest BCUT2D eigenvalue weighted by molar-refractivity contribution is -0.209. The van der Waals surface area contributed by atoms with Crippen LogP contribution in [0.4, 0.5) is 0 Å². The van der Waals surface area contributed by atoms with Crippen LogP contribution in [0.15, 0.2) is 0 Å². The maximum absolute atomic E-state index is 12.6. The lowest BCUT2D eigenvalue weighted by Crippen LogP contribution is -2.69. The number of hydrogen-bond acceptors (Lipinski definition) is 3. The molecule has 3 unspecified atom stereocenters. The Morgan fingerprint density at radius 3 is 2.32 bits per heavy atom. The van der Waals surface area contributed by atoms with Crippen LogP contribution in [0.2, 0.25) is 0 Å². The Bertz CT molecular complexity index is 365. The first-order chi connectivity index (χ1) is 8.74. The van der Waals surface area contributed by atoms with Crippen LogP contribution in [-0.4, -0.2) is 49.7 Å². The SMILES string of the molecule is COC1(C)CC(N(C)C(=O)C(C)C2CNC2)C1(C)C. The largest absolute Gasteiger partial charge is 0.378 e. The Kier molecular flexibility index (Phi) is 3.69. The smallest absolute Gasteiger partial charge is 0.225 e. The summed E-state index contributed by atoms with van der Waals surface area (Å²) in [6.07, 6.45) is 0.925. The van der Waals surface area contributed by atoms with Gasteiger partial charge in [-0.05, 0) is 32.4 Å². The molecule has 1 amide bonds. The number of rotatable bonds is 4. The van der Waals surface area contributed by atoms with Crippen LogP contribution in [0.25, 0.3) is 0 Å². The summed E-state index contributed by atoms with van der Waals surface area (Å²) in [6, 6.07) is 0.278. The van der Waals surface area contributed by atoms with Crippen molar-refractivity contribution in [1.29, 1.82) is 0 Å². The van der Waals surface area contributed by atoms with E-state index in [2.05, 4.69) is 33.0 Å². The molecule has 4 heteroatoms. The number of amides is 1. The van der Waals surface area contributed by atoms with Gasteiger partial charge in [0.2, 0.25) is 5.91 Å². The molecule has 0 aromatic carbocycles. The standard InChI is InChI=1S/C15H28N2O2/c1-10(11-8-16-9-11)13(18)17(5)12-7-15(4,19-6)14(12,2)3/h10-12,16H,7-9H2,1-6H3. The van der Waals surface area contributed by atoms with E-state index in [1.807, 2.05) is 11.9 Å². The first-order valence-electron chi connectivity index (χ1n) is 7.27. The third-order valence-corrected chi connectivity index (χ3v) is 5.95. The molecular weight excluding hydrogens is 240 g/mol. The lowest BCUT2D eigenvalue weighted by atomic mass is 9.55. The van der Waals surface area contributed by atoms with Gasteiger partial charge in [0, 0.05) is 31.5 Å². The fourth-order valence-corrected chi connectivity index (χ4v) is 3.42. The highest BCUT2D eigenvalue weighted by atomic mass is 16.5. The quantitative estimate of drug-likeness (QED) is 0.840. The summed E-state index contributed by atoms with van der Waals surface area (Å²) < 4.78 is 5.64. The molecule has 1 aliphatic heterocycles. The fourth-order valence-electron chi connectivity index (χ4n) is 3.42. The van der Waals surface area contributed by atoms with Crippen LogP contribution in [0.5, 0.6) is 0 Å². The summed E-state index contributed by atoms with van der Waals surface area (Å²) in [5.41, 5.74) is -0.114. The zero-order chi connectivity index (χ0) is 14.4. The van der Waals surface area contributed by atoms with Crippen LogP contribution in [0.3, 0.4) is 0 Å². The number of hydrogen-bond donors (Lipinski definition) is 1. The maximum Gasteiger partial charge on any atom is 0.225 e. The van der Waals surface area contributed by atoms with Crippen LogP contribution in [0.1, 0.15) is 34.1 Å². The van der Waals surface area contributed by atoms with Crippen LogP contribution in [0, 0.1) is 17.3 Å². The molecule has 3 atom stereocenters. The van der Waals surface area contributed by atoms with Crippen LogP contribution < -0.4 is 5.32 Å². The minimum Gasteiger partial charge on any atom is -0.378 e. The molecule has 19 heavy (non-hydrogen) atoms. The van der Waals surface area contributed by atoms with E-state index in [9.17, 15) is 4.79 Å². The van der Waals surface area contributed by atoms with Gasteiger partial charge in [-0.1, -0.05) is 20.8 Å². The average Bonchev–Trinajstić information content (AvgIpc) is 2.31. The topological polar surface area (TPSA) is 41.6 Å². The van der Waals surface area contributed by atoms with E-state index in [4.69, 9.17) is 4.74 Å². The van der Waals surface area contributed by atoms with Gasteiger partial charge in [-0.25, -0.2) is 0 Å². The van der Waals surface area contributed by atoms with E-state index in [1.165, 1.54) is 0 Å². The monoisotopic (exact) mass is 268 g/mol. The van der Waals surface area contributed by atoms with Crippen molar-refractivity contribution in [2.45, 2.75) is 45.8 Å². The number of nitrogens with one attached hydrogen (secondary N) is 1. The Morgan fingerprint density at radius 1 is 1.37 bits per heavy atom. The molecule has 0 aromatic heterocycles. The molecule has 1 aliphatic carbocycles. The molecule has 1 N–H and O–H groups in total. The first kappa shape index (κ1) is 14.8. The van der Waals surface area contributed by atoms with Crippen molar-refractivity contribution < 1.29 is 9.53 Å². The minimum absolute atomic E-state index is 0.00371. The molecule has 4 nitrogen and oxygen atoms in total. The van der Waals surface area contributed by atoms with Crippen molar-refractivity contribution in [3.8, 4) is 0 Å². The third-order valence-electron chi connectivity index (χ3n) is 5.95. The van der Waals surface area contributed by atoms with Gasteiger partial charge in [0.1, 0.15) is 0 Å². The molecule has 0 aromatic rings. The maximum atomic E-state index is 12.6. The van der Waals surface area contributed by atoms with Crippen molar-refractivity contribution in [1.82, 2.24) is 10.2 Å². The van der Waals surface area contributed by atoms with E-state index < -0.39 is 0 Å². The highest BCUT2D eigenvalue weighted by Crippen LogP contribution is 2.53. The van der Waals surface area contributed by atoms with E-state index in [1.54, 1.807) is 7.11 Å². The summed E-state index contributed by atoms with van der Waals surface area (Å²) >= 11 is 0. The van der Waals surface area contributed by atoms with Crippen molar-refractivity contribution in [2.24, 2.45) is 17.3 Å². The molecule has 2 fully saturated rings. The summed E-state index contributed by atoms with van der Waals surface area (Å²) in [5.74, 6) is 0.908.